The molecular weight excluding hydrogens is 338 g/mol. The lowest BCUT2D eigenvalue weighted by molar-refractivity contribution is -0.123. The molecule has 1 amide bonds. The van der Waals surface area contributed by atoms with Gasteiger partial charge in [-0.25, -0.2) is 8.78 Å². The number of nitrogens with one attached hydrogen (secondary N) is 1. The fraction of sp³-hybridized carbons (Fsp3) is 0.200. The Morgan fingerprint density at radius 1 is 1.12 bits per heavy atom. The molecule has 1 aliphatic carbocycles. The third-order valence-corrected chi connectivity index (χ3v) is 4.70. The van der Waals surface area contributed by atoms with Crippen LogP contribution in [0.25, 0.3) is 11.3 Å². The maximum absolute atomic E-state index is 13.7. The Kier molecular flexibility index (Phi) is 4.03. The Labute approximate surface area is 148 Å². The molecule has 1 aliphatic rings. The fourth-order valence-corrected chi connectivity index (χ4v) is 2.97. The molecule has 0 saturated heterocycles. The molecule has 0 atom stereocenters. The van der Waals surface area contributed by atoms with E-state index in [9.17, 15) is 13.6 Å². The molecule has 1 aromatic heterocycles. The van der Waals surface area contributed by atoms with E-state index in [1.807, 2.05) is 30.3 Å². The van der Waals surface area contributed by atoms with Crippen LogP contribution in [-0.2, 0) is 16.8 Å². The van der Waals surface area contributed by atoms with Crippen LogP contribution in [-0.4, -0.2) is 11.1 Å². The van der Waals surface area contributed by atoms with Gasteiger partial charge >= 0.3 is 0 Å². The van der Waals surface area contributed by atoms with Crippen molar-refractivity contribution >= 4 is 5.91 Å². The van der Waals surface area contributed by atoms with Crippen LogP contribution in [0.5, 0.6) is 0 Å². The van der Waals surface area contributed by atoms with Gasteiger partial charge < -0.3 is 9.84 Å². The second kappa shape index (κ2) is 6.37. The number of benzene rings is 2. The highest BCUT2D eigenvalue weighted by Gasteiger charge is 2.53. The van der Waals surface area contributed by atoms with Crippen molar-refractivity contribution in [2.24, 2.45) is 0 Å². The number of hydrogen-bond acceptors (Lipinski definition) is 3. The number of nitrogens with zero attached hydrogens (tertiary/aromatic N) is 1. The lowest BCUT2D eigenvalue weighted by Gasteiger charge is -2.12. The van der Waals surface area contributed by atoms with Gasteiger partial charge in [0, 0.05) is 29.8 Å². The topological polar surface area (TPSA) is 55.1 Å². The second-order valence-electron chi connectivity index (χ2n) is 6.44. The Morgan fingerprint density at radius 2 is 1.88 bits per heavy atom. The van der Waals surface area contributed by atoms with Gasteiger partial charge in [0.25, 0.3) is 0 Å². The molecule has 4 rings (SSSR count). The molecule has 3 aromatic rings. The average Bonchev–Trinajstić information content (AvgIpc) is 3.31. The third-order valence-electron chi connectivity index (χ3n) is 4.70. The van der Waals surface area contributed by atoms with Crippen LogP contribution in [0.3, 0.4) is 0 Å². The number of rotatable bonds is 5. The van der Waals surface area contributed by atoms with Gasteiger partial charge in [0.15, 0.2) is 5.76 Å². The SMILES string of the molecule is O=C(NCc1ccc(F)cc1F)C1(c2cc(-c3ccccc3)on2)CC1. The van der Waals surface area contributed by atoms with Crippen molar-refractivity contribution in [3.63, 3.8) is 0 Å². The molecule has 26 heavy (non-hydrogen) atoms. The van der Waals surface area contributed by atoms with Crippen LogP contribution in [0.1, 0.15) is 24.1 Å². The molecule has 0 spiro atoms. The van der Waals surface area contributed by atoms with Crippen molar-refractivity contribution in [1.82, 2.24) is 10.5 Å². The van der Waals surface area contributed by atoms with Gasteiger partial charge in [-0.3, -0.25) is 4.79 Å². The zero-order valence-electron chi connectivity index (χ0n) is 13.8. The largest absolute Gasteiger partial charge is 0.356 e. The van der Waals surface area contributed by atoms with E-state index in [4.69, 9.17) is 4.52 Å². The minimum atomic E-state index is -0.729. The lowest BCUT2D eigenvalue weighted by Crippen LogP contribution is -2.34. The molecule has 1 N–H and O–H groups in total. The molecule has 1 fully saturated rings. The first kappa shape index (κ1) is 16.4. The van der Waals surface area contributed by atoms with Crippen LogP contribution in [0.15, 0.2) is 59.1 Å². The van der Waals surface area contributed by atoms with Gasteiger partial charge in [0.05, 0.1) is 11.1 Å². The van der Waals surface area contributed by atoms with Crippen molar-refractivity contribution in [2.45, 2.75) is 24.8 Å². The second-order valence-corrected chi connectivity index (χ2v) is 6.44. The molecule has 6 heteroatoms. The first-order valence-corrected chi connectivity index (χ1v) is 8.33. The molecule has 1 saturated carbocycles. The van der Waals surface area contributed by atoms with E-state index in [-0.39, 0.29) is 18.0 Å². The van der Waals surface area contributed by atoms with Gasteiger partial charge in [0.2, 0.25) is 5.91 Å². The highest BCUT2D eigenvalue weighted by Crippen LogP contribution is 2.48. The van der Waals surface area contributed by atoms with Crippen LogP contribution >= 0.6 is 0 Å². The number of aromatic nitrogens is 1. The van der Waals surface area contributed by atoms with Crippen LogP contribution in [0.2, 0.25) is 0 Å². The van der Waals surface area contributed by atoms with E-state index in [1.165, 1.54) is 12.1 Å². The number of halogens is 2. The van der Waals surface area contributed by atoms with E-state index >= 15 is 0 Å². The maximum Gasteiger partial charge on any atom is 0.232 e. The van der Waals surface area contributed by atoms with Crippen LogP contribution in [0, 0.1) is 11.6 Å². The molecule has 0 bridgehead atoms. The zero-order valence-corrected chi connectivity index (χ0v) is 13.8. The van der Waals surface area contributed by atoms with Gasteiger partial charge in [-0.15, -0.1) is 0 Å². The van der Waals surface area contributed by atoms with Gasteiger partial charge in [-0.2, -0.15) is 0 Å². The monoisotopic (exact) mass is 354 g/mol. The maximum atomic E-state index is 13.7. The number of carbonyl (C=O) groups is 1. The zero-order chi connectivity index (χ0) is 18.1. The highest BCUT2D eigenvalue weighted by molar-refractivity contribution is 5.91. The lowest BCUT2D eigenvalue weighted by atomic mass is 10.00. The average molecular weight is 354 g/mol. The first-order chi connectivity index (χ1) is 12.6. The number of amides is 1. The van der Waals surface area contributed by atoms with E-state index in [2.05, 4.69) is 10.5 Å². The van der Waals surface area contributed by atoms with Crippen LogP contribution < -0.4 is 5.32 Å². The summed E-state index contributed by atoms with van der Waals surface area (Å²) >= 11 is 0. The van der Waals surface area contributed by atoms with Crippen molar-refractivity contribution in [3.8, 4) is 11.3 Å². The summed E-state index contributed by atoms with van der Waals surface area (Å²) in [4.78, 5) is 12.6. The summed E-state index contributed by atoms with van der Waals surface area (Å²) in [5.41, 5.74) is 0.970. The highest BCUT2D eigenvalue weighted by atomic mass is 19.1. The van der Waals surface area contributed by atoms with Gasteiger partial charge in [-0.1, -0.05) is 41.6 Å². The Hall–Kier alpha value is -3.02. The summed E-state index contributed by atoms with van der Waals surface area (Å²) in [7, 11) is 0. The van der Waals surface area contributed by atoms with E-state index in [1.54, 1.807) is 6.07 Å². The van der Waals surface area contributed by atoms with Gasteiger partial charge in [0.1, 0.15) is 11.6 Å². The smallest absolute Gasteiger partial charge is 0.232 e. The van der Waals surface area contributed by atoms with Crippen molar-refractivity contribution in [3.05, 3.63) is 77.5 Å². The molecule has 0 aliphatic heterocycles. The van der Waals surface area contributed by atoms with Crippen molar-refractivity contribution in [2.75, 3.05) is 0 Å². The van der Waals surface area contributed by atoms with E-state index in [0.29, 0.717) is 24.3 Å². The molecule has 0 radical (unpaired) electrons. The van der Waals surface area contributed by atoms with Gasteiger partial charge in [-0.05, 0) is 18.9 Å². The summed E-state index contributed by atoms with van der Waals surface area (Å²) < 4.78 is 32.1. The number of carbonyl (C=O) groups excluding carboxylic acids is 1. The van der Waals surface area contributed by atoms with Crippen molar-refractivity contribution in [1.29, 1.82) is 0 Å². The molecular formula is C20H16F2N2O2. The molecule has 0 unspecified atom stereocenters. The minimum Gasteiger partial charge on any atom is -0.356 e. The Bertz CT molecular complexity index is 949. The Balaban J connectivity index is 1.48. The van der Waals surface area contributed by atoms with E-state index < -0.39 is 17.0 Å². The summed E-state index contributed by atoms with van der Waals surface area (Å²) in [6, 6.07) is 14.6. The molecule has 1 heterocycles. The first-order valence-electron chi connectivity index (χ1n) is 8.33. The molecule has 2 aromatic carbocycles. The third kappa shape index (κ3) is 2.98. The number of hydrogen-bond donors (Lipinski definition) is 1. The quantitative estimate of drug-likeness (QED) is 0.754. The standard InChI is InChI=1S/C20H16F2N2O2/c21-15-7-6-14(16(22)10-15)12-23-19(25)20(8-9-20)18-11-17(26-24-18)13-4-2-1-3-5-13/h1-7,10-11H,8-9,12H2,(H,23,25). The molecule has 132 valence electrons. The normalized spacial score (nSPS) is 14.8. The predicted octanol–water partition coefficient (Wildman–Crippen LogP) is 3.97. The predicted molar refractivity (Wildman–Crippen MR) is 91.1 cm³/mol. The summed E-state index contributed by atoms with van der Waals surface area (Å²) in [5, 5.41) is 6.80. The van der Waals surface area contributed by atoms with Crippen molar-refractivity contribution < 1.29 is 18.1 Å². The fourth-order valence-electron chi connectivity index (χ4n) is 2.97. The summed E-state index contributed by atoms with van der Waals surface area (Å²) in [6.45, 7) is -0.00388. The Morgan fingerprint density at radius 3 is 2.58 bits per heavy atom. The summed E-state index contributed by atoms with van der Waals surface area (Å²) in [6.07, 6.45) is 1.32. The minimum absolute atomic E-state index is 0.00388. The van der Waals surface area contributed by atoms with E-state index in [0.717, 1.165) is 11.6 Å². The molecule has 4 nitrogen and oxygen atoms in total. The summed E-state index contributed by atoms with van der Waals surface area (Å²) in [5.74, 6) is -0.950. The van der Waals surface area contributed by atoms with Crippen LogP contribution in [0.4, 0.5) is 8.78 Å².